The van der Waals surface area contributed by atoms with Crippen molar-refractivity contribution < 1.29 is 4.79 Å². The highest BCUT2D eigenvalue weighted by molar-refractivity contribution is 5.79. The summed E-state index contributed by atoms with van der Waals surface area (Å²) in [6.07, 6.45) is 4.61. The van der Waals surface area contributed by atoms with Crippen LogP contribution in [0.5, 0.6) is 0 Å². The average Bonchev–Trinajstić information content (AvgIpc) is 3.46. The third kappa shape index (κ3) is 4.30. The van der Waals surface area contributed by atoms with E-state index in [1.807, 2.05) is 24.3 Å². The van der Waals surface area contributed by atoms with E-state index in [2.05, 4.69) is 50.2 Å². The van der Waals surface area contributed by atoms with Gasteiger partial charge in [0.1, 0.15) is 0 Å². The maximum Gasteiger partial charge on any atom is 0.225 e. The molecule has 1 amide bonds. The second-order valence-electron chi connectivity index (χ2n) is 8.90. The van der Waals surface area contributed by atoms with Crippen molar-refractivity contribution in [2.75, 3.05) is 31.5 Å². The van der Waals surface area contributed by atoms with Crippen molar-refractivity contribution in [3.8, 4) is 0 Å². The van der Waals surface area contributed by atoms with Gasteiger partial charge in [-0.15, -0.1) is 0 Å². The van der Waals surface area contributed by atoms with E-state index in [0.29, 0.717) is 5.91 Å². The molecule has 1 aromatic heterocycles. The van der Waals surface area contributed by atoms with Gasteiger partial charge in [0.2, 0.25) is 11.9 Å². The van der Waals surface area contributed by atoms with Gasteiger partial charge in [-0.05, 0) is 49.1 Å². The zero-order chi connectivity index (χ0) is 21.2. The summed E-state index contributed by atoms with van der Waals surface area (Å²) < 4.78 is 0. The Bertz CT molecular complexity index is 1030. The van der Waals surface area contributed by atoms with Gasteiger partial charge in [-0.25, -0.2) is 4.98 Å². The van der Waals surface area contributed by atoms with Gasteiger partial charge in [-0.2, -0.15) is 0 Å². The first-order chi connectivity index (χ1) is 15.2. The SMILES string of the molecule is Cc1c(CN2CCN(C(=O)C3CCCC3)CC2)cccc1Nc1nc2ccccc2[nH]1. The standard InChI is InChI=1S/C25H31N5O/c1-18-20(17-29-13-15-30(16-14-29)24(31)19-7-2-3-8-19)9-6-12-21(18)26-25-27-22-10-4-5-11-23(22)28-25/h4-6,9-12,19H,2-3,7-8,13-17H2,1H3,(H2,26,27,28). The van der Waals surface area contributed by atoms with Crippen molar-refractivity contribution in [2.45, 2.75) is 39.2 Å². The molecule has 3 aromatic rings. The van der Waals surface area contributed by atoms with Crippen LogP contribution in [-0.2, 0) is 11.3 Å². The number of hydrogen-bond donors (Lipinski definition) is 2. The molecule has 31 heavy (non-hydrogen) atoms. The summed E-state index contributed by atoms with van der Waals surface area (Å²) in [6, 6.07) is 14.5. The second kappa shape index (κ2) is 8.71. The average molecular weight is 418 g/mol. The summed E-state index contributed by atoms with van der Waals surface area (Å²) in [5.41, 5.74) is 5.63. The lowest BCUT2D eigenvalue weighted by Crippen LogP contribution is -2.49. The van der Waals surface area contributed by atoms with Gasteiger partial charge in [0.05, 0.1) is 11.0 Å². The summed E-state index contributed by atoms with van der Waals surface area (Å²) in [5.74, 6) is 1.45. The molecule has 162 valence electrons. The molecule has 1 aliphatic carbocycles. The van der Waals surface area contributed by atoms with Crippen LogP contribution in [0.2, 0.25) is 0 Å². The summed E-state index contributed by atoms with van der Waals surface area (Å²) in [6.45, 7) is 6.67. The quantitative estimate of drug-likeness (QED) is 0.644. The molecule has 1 saturated carbocycles. The number of carbonyl (C=O) groups excluding carboxylic acids is 1. The Morgan fingerprint density at radius 1 is 1.06 bits per heavy atom. The zero-order valence-corrected chi connectivity index (χ0v) is 18.2. The molecule has 0 radical (unpaired) electrons. The number of hydrogen-bond acceptors (Lipinski definition) is 4. The molecule has 0 atom stereocenters. The molecule has 2 heterocycles. The number of fused-ring (bicyclic) bond motifs is 1. The number of piperazine rings is 1. The first-order valence-corrected chi connectivity index (χ1v) is 11.5. The largest absolute Gasteiger partial charge is 0.340 e. The highest BCUT2D eigenvalue weighted by Gasteiger charge is 2.29. The molecule has 2 N–H and O–H groups in total. The van der Waals surface area contributed by atoms with Gasteiger partial charge in [0.25, 0.3) is 0 Å². The molecule has 6 nitrogen and oxygen atoms in total. The third-order valence-corrected chi connectivity index (χ3v) is 6.87. The fraction of sp³-hybridized carbons (Fsp3) is 0.440. The molecule has 2 aromatic carbocycles. The molecular formula is C25H31N5O. The summed E-state index contributed by atoms with van der Waals surface area (Å²) in [5, 5.41) is 3.45. The number of nitrogens with one attached hydrogen (secondary N) is 2. The number of imidazole rings is 1. The van der Waals surface area contributed by atoms with Crippen LogP contribution in [-0.4, -0.2) is 51.9 Å². The van der Waals surface area contributed by atoms with Gasteiger partial charge in [-0.1, -0.05) is 37.1 Å². The smallest absolute Gasteiger partial charge is 0.225 e. The number of H-pyrrole nitrogens is 1. The first-order valence-electron chi connectivity index (χ1n) is 11.5. The maximum absolute atomic E-state index is 12.7. The summed E-state index contributed by atoms with van der Waals surface area (Å²) >= 11 is 0. The highest BCUT2D eigenvalue weighted by atomic mass is 16.2. The molecule has 2 aliphatic rings. The Morgan fingerprint density at radius 3 is 2.61 bits per heavy atom. The minimum Gasteiger partial charge on any atom is -0.340 e. The van der Waals surface area contributed by atoms with Crippen LogP contribution in [0, 0.1) is 12.8 Å². The number of nitrogens with zero attached hydrogens (tertiary/aromatic N) is 3. The Labute approximate surface area is 183 Å². The lowest BCUT2D eigenvalue weighted by molar-refractivity contribution is -0.137. The molecule has 2 fully saturated rings. The first kappa shape index (κ1) is 20.1. The van der Waals surface area contributed by atoms with Crippen molar-refractivity contribution >= 4 is 28.6 Å². The maximum atomic E-state index is 12.7. The number of para-hydroxylation sites is 2. The molecule has 5 rings (SSSR count). The van der Waals surface area contributed by atoms with Gasteiger partial charge in [0, 0.05) is 44.3 Å². The minimum absolute atomic E-state index is 0.287. The number of carbonyl (C=O) groups is 1. The molecule has 1 aliphatic heterocycles. The van der Waals surface area contributed by atoms with E-state index in [4.69, 9.17) is 0 Å². The number of aromatic nitrogens is 2. The number of benzene rings is 2. The zero-order valence-electron chi connectivity index (χ0n) is 18.2. The molecule has 0 spiro atoms. The van der Waals surface area contributed by atoms with Crippen LogP contribution < -0.4 is 5.32 Å². The number of aromatic amines is 1. The fourth-order valence-corrected chi connectivity index (χ4v) is 4.93. The number of rotatable bonds is 5. The van der Waals surface area contributed by atoms with E-state index >= 15 is 0 Å². The van der Waals surface area contributed by atoms with Crippen molar-refractivity contribution in [1.29, 1.82) is 0 Å². The predicted molar refractivity (Wildman–Crippen MR) is 124 cm³/mol. The van der Waals surface area contributed by atoms with Gasteiger partial charge in [-0.3, -0.25) is 9.69 Å². The Hall–Kier alpha value is -2.86. The van der Waals surface area contributed by atoms with E-state index in [1.165, 1.54) is 24.0 Å². The Balaban J connectivity index is 1.22. The normalized spacial score (nSPS) is 18.0. The highest BCUT2D eigenvalue weighted by Crippen LogP contribution is 2.28. The van der Waals surface area contributed by atoms with Gasteiger partial charge >= 0.3 is 0 Å². The molecule has 0 unspecified atom stereocenters. The lowest BCUT2D eigenvalue weighted by atomic mass is 10.0. The van der Waals surface area contributed by atoms with Crippen molar-refractivity contribution in [1.82, 2.24) is 19.8 Å². The topological polar surface area (TPSA) is 64.3 Å². The molecule has 6 heteroatoms. The van der Waals surface area contributed by atoms with Crippen molar-refractivity contribution in [2.24, 2.45) is 5.92 Å². The van der Waals surface area contributed by atoms with E-state index in [1.54, 1.807) is 0 Å². The van der Waals surface area contributed by atoms with Crippen LogP contribution in [0.1, 0.15) is 36.8 Å². The molecule has 1 saturated heterocycles. The predicted octanol–water partition coefficient (Wildman–Crippen LogP) is 4.45. The fourth-order valence-electron chi connectivity index (χ4n) is 4.93. The van der Waals surface area contributed by atoms with E-state index in [-0.39, 0.29) is 5.92 Å². The van der Waals surface area contributed by atoms with Crippen molar-refractivity contribution in [3.05, 3.63) is 53.6 Å². The van der Waals surface area contributed by atoms with Crippen LogP contribution in [0.15, 0.2) is 42.5 Å². The van der Waals surface area contributed by atoms with Crippen LogP contribution in [0.3, 0.4) is 0 Å². The van der Waals surface area contributed by atoms with E-state index < -0.39 is 0 Å². The summed E-state index contributed by atoms with van der Waals surface area (Å²) in [4.78, 5) is 25.2. The summed E-state index contributed by atoms with van der Waals surface area (Å²) in [7, 11) is 0. The van der Waals surface area contributed by atoms with Gasteiger partial charge in [0.15, 0.2) is 0 Å². The van der Waals surface area contributed by atoms with Crippen LogP contribution in [0.4, 0.5) is 11.6 Å². The van der Waals surface area contributed by atoms with E-state index in [0.717, 1.165) is 68.2 Å². The van der Waals surface area contributed by atoms with Crippen LogP contribution in [0.25, 0.3) is 11.0 Å². The number of amides is 1. The van der Waals surface area contributed by atoms with E-state index in [9.17, 15) is 4.79 Å². The monoisotopic (exact) mass is 417 g/mol. The Morgan fingerprint density at radius 2 is 1.84 bits per heavy atom. The van der Waals surface area contributed by atoms with Crippen molar-refractivity contribution in [3.63, 3.8) is 0 Å². The lowest BCUT2D eigenvalue weighted by Gasteiger charge is -2.36. The molecular weight excluding hydrogens is 386 g/mol. The van der Waals surface area contributed by atoms with Crippen LogP contribution >= 0.6 is 0 Å². The molecule has 0 bridgehead atoms. The third-order valence-electron chi connectivity index (χ3n) is 6.87. The number of anilines is 2. The van der Waals surface area contributed by atoms with Gasteiger partial charge < -0.3 is 15.2 Å². The minimum atomic E-state index is 0.287. The Kier molecular flexibility index (Phi) is 5.64. The second-order valence-corrected chi connectivity index (χ2v) is 8.90.